The first-order valence-electron chi connectivity index (χ1n) is 8.32. The van der Waals surface area contributed by atoms with Crippen molar-refractivity contribution < 1.29 is 18.0 Å². The first-order chi connectivity index (χ1) is 13.7. The Hall–Kier alpha value is -3.57. The predicted molar refractivity (Wildman–Crippen MR) is 105 cm³/mol. The Kier molecular flexibility index (Phi) is 5.43. The first kappa shape index (κ1) is 20.2. The highest BCUT2D eigenvalue weighted by molar-refractivity contribution is 7.89. The van der Waals surface area contributed by atoms with Crippen LogP contribution in [-0.4, -0.2) is 48.8 Å². The lowest BCUT2D eigenvalue weighted by Gasteiger charge is -2.12. The third kappa shape index (κ3) is 4.00. The van der Waals surface area contributed by atoms with E-state index >= 15 is 0 Å². The van der Waals surface area contributed by atoms with E-state index in [2.05, 4.69) is 21.0 Å². The molecule has 3 rings (SSSR count). The molecular weight excluding hydrogens is 398 g/mol. The molecule has 11 heteroatoms. The second-order valence-corrected chi connectivity index (χ2v) is 8.32. The van der Waals surface area contributed by atoms with Crippen LogP contribution in [0.1, 0.15) is 20.8 Å². The van der Waals surface area contributed by atoms with E-state index in [1.54, 1.807) is 24.3 Å². The number of benzene rings is 2. The highest BCUT2D eigenvalue weighted by Gasteiger charge is 2.19. The number of sulfonamides is 1. The molecule has 0 saturated carbocycles. The Morgan fingerprint density at radius 3 is 2.31 bits per heavy atom. The van der Waals surface area contributed by atoms with E-state index in [1.165, 1.54) is 38.4 Å². The van der Waals surface area contributed by atoms with Crippen molar-refractivity contribution in [3.8, 4) is 0 Å². The van der Waals surface area contributed by atoms with Crippen molar-refractivity contribution in [2.45, 2.75) is 4.90 Å². The van der Waals surface area contributed by atoms with Crippen LogP contribution < -0.4 is 16.4 Å². The van der Waals surface area contributed by atoms with Crippen molar-refractivity contribution in [2.24, 2.45) is 0 Å². The summed E-state index contributed by atoms with van der Waals surface area (Å²) in [7, 11) is -0.956. The second-order valence-electron chi connectivity index (χ2n) is 6.17. The summed E-state index contributed by atoms with van der Waals surface area (Å²) in [6.45, 7) is 0. The third-order valence-corrected chi connectivity index (χ3v) is 5.89. The van der Waals surface area contributed by atoms with Gasteiger partial charge in [-0.25, -0.2) is 17.8 Å². The summed E-state index contributed by atoms with van der Waals surface area (Å²) in [5, 5.41) is 6.56. The summed E-state index contributed by atoms with van der Waals surface area (Å²) in [4.78, 5) is 36.5. The Balaban J connectivity index is 1.79. The molecule has 3 aromatic rings. The monoisotopic (exact) mass is 415 g/mol. The van der Waals surface area contributed by atoms with E-state index in [4.69, 9.17) is 0 Å². The molecule has 0 saturated heterocycles. The fraction of sp³-hybridized carbons (Fsp3) is 0.111. The maximum atomic E-state index is 12.4. The van der Waals surface area contributed by atoms with E-state index in [0.29, 0.717) is 5.39 Å². The number of aromatic nitrogens is 2. The Morgan fingerprint density at radius 1 is 0.966 bits per heavy atom. The van der Waals surface area contributed by atoms with Gasteiger partial charge in [-0.1, -0.05) is 24.3 Å². The quantitative estimate of drug-likeness (QED) is 0.522. The molecule has 1 aromatic heterocycles. The average Bonchev–Trinajstić information content (AvgIpc) is 2.72. The van der Waals surface area contributed by atoms with Gasteiger partial charge in [0.2, 0.25) is 10.0 Å². The van der Waals surface area contributed by atoms with E-state index in [1.807, 2.05) is 0 Å². The van der Waals surface area contributed by atoms with Crippen LogP contribution in [0.3, 0.4) is 0 Å². The molecule has 0 radical (unpaired) electrons. The van der Waals surface area contributed by atoms with Gasteiger partial charge in [-0.2, -0.15) is 5.10 Å². The van der Waals surface area contributed by atoms with Gasteiger partial charge in [-0.3, -0.25) is 25.2 Å². The summed E-state index contributed by atoms with van der Waals surface area (Å²) in [5.41, 5.74) is 3.92. The van der Waals surface area contributed by atoms with Gasteiger partial charge in [0.05, 0.1) is 10.3 Å². The van der Waals surface area contributed by atoms with Crippen molar-refractivity contribution in [1.29, 1.82) is 0 Å². The number of hydrazine groups is 1. The van der Waals surface area contributed by atoms with Crippen molar-refractivity contribution in [3.05, 3.63) is 70.1 Å². The normalized spacial score (nSPS) is 11.4. The van der Waals surface area contributed by atoms with Crippen LogP contribution in [-0.2, 0) is 10.0 Å². The highest BCUT2D eigenvalue weighted by Crippen LogP contribution is 2.15. The first-order valence-corrected chi connectivity index (χ1v) is 9.76. The molecule has 150 valence electrons. The van der Waals surface area contributed by atoms with Gasteiger partial charge in [-0.05, 0) is 24.3 Å². The van der Waals surface area contributed by atoms with Crippen LogP contribution >= 0.6 is 0 Å². The van der Waals surface area contributed by atoms with E-state index in [0.717, 1.165) is 4.31 Å². The maximum Gasteiger partial charge on any atom is 0.290 e. The molecule has 0 atom stereocenters. The lowest BCUT2D eigenvalue weighted by molar-refractivity contribution is 0.0844. The minimum absolute atomic E-state index is 0.0347. The van der Waals surface area contributed by atoms with Gasteiger partial charge in [0.1, 0.15) is 0 Å². The number of nitrogens with zero attached hydrogens (tertiary/aromatic N) is 2. The van der Waals surface area contributed by atoms with Gasteiger partial charge < -0.3 is 0 Å². The van der Waals surface area contributed by atoms with Crippen LogP contribution in [0.15, 0.2) is 58.2 Å². The fourth-order valence-corrected chi connectivity index (χ4v) is 3.49. The molecule has 0 aliphatic carbocycles. The average molecular weight is 415 g/mol. The molecule has 0 spiro atoms. The van der Waals surface area contributed by atoms with Gasteiger partial charge in [0, 0.05) is 25.0 Å². The minimum atomic E-state index is -3.71. The van der Waals surface area contributed by atoms with E-state index < -0.39 is 27.4 Å². The number of amides is 2. The Labute approximate surface area is 165 Å². The molecule has 0 fully saturated rings. The molecule has 2 aromatic carbocycles. The van der Waals surface area contributed by atoms with Crippen molar-refractivity contribution in [1.82, 2.24) is 25.4 Å². The molecule has 0 aliphatic rings. The molecule has 0 unspecified atom stereocenters. The number of hydrogen-bond acceptors (Lipinski definition) is 6. The number of aromatic amines is 1. The summed E-state index contributed by atoms with van der Waals surface area (Å²) < 4.78 is 25.4. The number of H-pyrrole nitrogens is 1. The third-order valence-electron chi connectivity index (χ3n) is 4.08. The smallest absolute Gasteiger partial charge is 0.267 e. The fourth-order valence-electron chi connectivity index (χ4n) is 2.54. The Morgan fingerprint density at radius 2 is 1.62 bits per heavy atom. The van der Waals surface area contributed by atoms with Crippen LogP contribution in [0.5, 0.6) is 0 Å². The van der Waals surface area contributed by atoms with Gasteiger partial charge in [-0.15, -0.1) is 0 Å². The number of carbonyl (C=O) groups excluding carboxylic acids is 2. The summed E-state index contributed by atoms with van der Waals surface area (Å²) in [6, 6.07) is 11.8. The standard InChI is InChI=1S/C18H17N5O5S/c1-23(2)29(27,28)12-7-5-6-11(10-12)16(24)20-22-18(26)15-13-8-3-4-9-14(13)17(25)21-19-15/h3-10H,1-2H3,(H,20,24)(H,21,25)(H,22,26). The van der Waals surface area contributed by atoms with E-state index in [9.17, 15) is 22.8 Å². The van der Waals surface area contributed by atoms with Gasteiger partial charge in [0.15, 0.2) is 5.69 Å². The molecule has 2 amide bonds. The SMILES string of the molecule is CN(C)S(=O)(=O)c1cccc(C(=O)NNC(=O)c2n[nH]c(=O)c3ccccc23)c1. The minimum Gasteiger partial charge on any atom is -0.267 e. The molecule has 0 bridgehead atoms. The van der Waals surface area contributed by atoms with Crippen molar-refractivity contribution in [3.63, 3.8) is 0 Å². The largest absolute Gasteiger partial charge is 0.290 e. The van der Waals surface area contributed by atoms with Gasteiger partial charge in [0.25, 0.3) is 17.4 Å². The topological polar surface area (TPSA) is 141 Å². The molecule has 3 N–H and O–H groups in total. The summed E-state index contributed by atoms with van der Waals surface area (Å²) in [6.07, 6.45) is 0. The number of fused-ring (bicyclic) bond motifs is 1. The number of carbonyl (C=O) groups is 2. The number of rotatable bonds is 4. The predicted octanol–water partition coefficient (Wildman–Crippen LogP) is 0.248. The number of hydrogen-bond donors (Lipinski definition) is 3. The van der Waals surface area contributed by atoms with Crippen LogP contribution in [0.25, 0.3) is 10.8 Å². The summed E-state index contributed by atoms with van der Waals surface area (Å²) in [5.74, 6) is -1.47. The number of nitrogens with one attached hydrogen (secondary N) is 3. The molecule has 10 nitrogen and oxygen atoms in total. The lowest BCUT2D eigenvalue weighted by atomic mass is 10.1. The van der Waals surface area contributed by atoms with Gasteiger partial charge >= 0.3 is 0 Å². The van der Waals surface area contributed by atoms with Crippen LogP contribution in [0.4, 0.5) is 0 Å². The molecule has 0 aliphatic heterocycles. The van der Waals surface area contributed by atoms with Crippen molar-refractivity contribution in [2.75, 3.05) is 14.1 Å². The van der Waals surface area contributed by atoms with E-state index in [-0.39, 0.29) is 21.5 Å². The van der Waals surface area contributed by atoms with Crippen LogP contribution in [0.2, 0.25) is 0 Å². The molecule has 1 heterocycles. The second kappa shape index (κ2) is 7.81. The molecular formula is C18H17N5O5S. The molecule has 29 heavy (non-hydrogen) atoms. The summed E-state index contributed by atoms with van der Waals surface area (Å²) >= 11 is 0. The Bertz CT molecular complexity index is 1270. The zero-order chi connectivity index (χ0) is 21.2. The zero-order valence-electron chi connectivity index (χ0n) is 15.5. The van der Waals surface area contributed by atoms with Crippen LogP contribution in [0, 0.1) is 0 Å². The highest BCUT2D eigenvalue weighted by atomic mass is 32.2. The van der Waals surface area contributed by atoms with Crippen molar-refractivity contribution >= 4 is 32.6 Å². The zero-order valence-corrected chi connectivity index (χ0v) is 16.3. The maximum absolute atomic E-state index is 12.4. The lowest BCUT2D eigenvalue weighted by Crippen LogP contribution is -2.42.